The van der Waals surface area contributed by atoms with E-state index in [-0.39, 0.29) is 0 Å². The van der Waals surface area contributed by atoms with Gasteiger partial charge in [0.05, 0.1) is 5.02 Å². The van der Waals surface area contributed by atoms with Gasteiger partial charge in [0, 0.05) is 16.8 Å². The van der Waals surface area contributed by atoms with E-state index < -0.39 is 29.8 Å². The molecule has 3 aromatic rings. The highest BCUT2D eigenvalue weighted by Gasteiger charge is 2.34. The molecular weight excluding hydrogens is 437 g/mol. The Kier molecular flexibility index (Phi) is 6.06. The van der Waals surface area contributed by atoms with Crippen LogP contribution in [0.2, 0.25) is 5.02 Å². The van der Waals surface area contributed by atoms with Gasteiger partial charge in [-0.15, -0.1) is 10.2 Å². The topological polar surface area (TPSA) is 76.9 Å². The molecule has 0 aliphatic heterocycles. The summed E-state index contributed by atoms with van der Waals surface area (Å²) in [6.07, 6.45) is -3.67. The molecule has 0 saturated heterocycles. The van der Waals surface area contributed by atoms with Gasteiger partial charge in [-0.25, -0.2) is 0 Å². The minimum absolute atomic E-state index is 0.344. The second-order valence-electron chi connectivity index (χ2n) is 5.35. The third-order valence-electron chi connectivity index (χ3n) is 3.39. The van der Waals surface area contributed by atoms with Crippen molar-refractivity contribution in [2.75, 3.05) is 5.32 Å². The summed E-state index contributed by atoms with van der Waals surface area (Å²) in [4.78, 5) is 24.7. The number of hydrogen-bond donors (Lipinski definition) is 1. The molecule has 0 saturated carbocycles. The van der Waals surface area contributed by atoms with Gasteiger partial charge >= 0.3 is 6.18 Å². The molecule has 2 aromatic heterocycles. The average Bonchev–Trinajstić information content (AvgIpc) is 3.11. The van der Waals surface area contributed by atoms with E-state index in [9.17, 15) is 22.8 Å². The lowest BCUT2D eigenvalue weighted by Gasteiger charge is -2.11. The number of nitrogens with one attached hydrogen (secondary N) is 1. The maximum atomic E-state index is 12.8. The first-order valence-electron chi connectivity index (χ1n) is 7.54. The first-order valence-corrected chi connectivity index (χ1v) is 9.61. The van der Waals surface area contributed by atoms with Crippen LogP contribution in [0.25, 0.3) is 0 Å². The smallest absolute Gasteiger partial charge is 0.324 e. The number of halogens is 4. The minimum atomic E-state index is -4.79. The van der Waals surface area contributed by atoms with E-state index >= 15 is 0 Å². The van der Waals surface area contributed by atoms with Crippen molar-refractivity contribution in [2.24, 2.45) is 0 Å². The summed E-state index contributed by atoms with van der Waals surface area (Å²) < 4.78 is 39.8. The van der Waals surface area contributed by atoms with E-state index in [4.69, 9.17) is 11.6 Å². The van der Waals surface area contributed by atoms with Gasteiger partial charge in [0.25, 0.3) is 5.56 Å². The first-order chi connectivity index (χ1) is 13.2. The number of rotatable bonds is 5. The lowest BCUT2D eigenvalue weighted by atomic mass is 10.2. The van der Waals surface area contributed by atoms with E-state index in [2.05, 4.69) is 15.5 Å². The van der Waals surface area contributed by atoms with Crippen LogP contribution in [0.15, 0.2) is 56.1 Å². The molecule has 0 radical (unpaired) electrons. The Morgan fingerprint density at radius 2 is 2.11 bits per heavy atom. The van der Waals surface area contributed by atoms with Gasteiger partial charge < -0.3 is 9.88 Å². The quantitative estimate of drug-likeness (QED) is 0.636. The average molecular weight is 447 g/mol. The molecule has 1 N–H and O–H groups in total. The van der Waals surface area contributed by atoms with Crippen molar-refractivity contribution in [2.45, 2.75) is 22.0 Å². The SMILES string of the molecule is O=C(Cn1cccc(C(F)(F)F)c1=O)Nc1ccc(Sc2nncs2)c(Cl)c1. The maximum absolute atomic E-state index is 12.8. The Balaban J connectivity index is 1.70. The van der Waals surface area contributed by atoms with Gasteiger partial charge in [-0.05, 0) is 30.3 Å². The van der Waals surface area contributed by atoms with Gasteiger partial charge in [0.15, 0.2) is 4.34 Å². The molecule has 28 heavy (non-hydrogen) atoms. The summed E-state index contributed by atoms with van der Waals surface area (Å²) in [6, 6.07) is 6.49. The molecule has 0 aliphatic carbocycles. The van der Waals surface area contributed by atoms with Crippen molar-refractivity contribution in [3.63, 3.8) is 0 Å². The first kappa shape index (κ1) is 20.4. The van der Waals surface area contributed by atoms with Crippen molar-refractivity contribution in [3.05, 3.63) is 63.0 Å². The monoisotopic (exact) mass is 446 g/mol. The molecule has 146 valence electrons. The molecule has 2 heterocycles. The van der Waals surface area contributed by atoms with E-state index in [1.54, 1.807) is 17.6 Å². The highest BCUT2D eigenvalue weighted by atomic mass is 35.5. The minimum Gasteiger partial charge on any atom is -0.324 e. The predicted octanol–water partition coefficient (Wildman–Crippen LogP) is 4.16. The lowest BCUT2D eigenvalue weighted by Crippen LogP contribution is -2.31. The number of carbonyl (C=O) groups excluding carboxylic acids is 1. The van der Waals surface area contributed by atoms with Crippen molar-refractivity contribution >= 4 is 46.3 Å². The van der Waals surface area contributed by atoms with Crippen molar-refractivity contribution < 1.29 is 18.0 Å². The molecule has 12 heteroatoms. The second kappa shape index (κ2) is 8.33. The number of aromatic nitrogens is 3. The molecule has 1 aromatic carbocycles. The van der Waals surface area contributed by atoms with Crippen molar-refractivity contribution in [1.82, 2.24) is 14.8 Å². The third-order valence-corrected chi connectivity index (χ3v) is 5.67. The van der Waals surface area contributed by atoms with E-state index in [1.807, 2.05) is 0 Å². The number of anilines is 1. The zero-order valence-corrected chi connectivity index (χ0v) is 16.1. The zero-order valence-electron chi connectivity index (χ0n) is 13.7. The molecule has 0 bridgehead atoms. The van der Waals surface area contributed by atoms with Gasteiger partial charge in [-0.2, -0.15) is 13.2 Å². The highest BCUT2D eigenvalue weighted by Crippen LogP contribution is 2.35. The maximum Gasteiger partial charge on any atom is 0.421 e. The predicted molar refractivity (Wildman–Crippen MR) is 99.8 cm³/mol. The fraction of sp³-hybridized carbons (Fsp3) is 0.125. The summed E-state index contributed by atoms with van der Waals surface area (Å²) >= 11 is 8.84. The number of benzene rings is 1. The highest BCUT2D eigenvalue weighted by molar-refractivity contribution is 8.01. The molecular formula is C16H10ClF3N4O2S2. The molecule has 0 unspecified atom stereocenters. The third kappa shape index (κ3) is 4.91. The summed E-state index contributed by atoms with van der Waals surface area (Å²) in [6.45, 7) is -0.568. The Morgan fingerprint density at radius 3 is 2.75 bits per heavy atom. The molecule has 0 atom stereocenters. The van der Waals surface area contributed by atoms with E-state index in [1.165, 1.54) is 29.2 Å². The van der Waals surface area contributed by atoms with Crippen LogP contribution in [0, 0.1) is 0 Å². The fourth-order valence-electron chi connectivity index (χ4n) is 2.20. The molecule has 0 aliphatic rings. The number of hydrogen-bond acceptors (Lipinski definition) is 6. The fourth-order valence-corrected chi connectivity index (χ4v) is 3.93. The summed E-state index contributed by atoms with van der Waals surface area (Å²) in [5.74, 6) is -0.665. The lowest BCUT2D eigenvalue weighted by molar-refractivity contribution is -0.139. The Bertz CT molecular complexity index is 1050. The van der Waals surface area contributed by atoms with Crippen LogP contribution in [-0.2, 0) is 17.5 Å². The molecule has 0 fully saturated rings. The second-order valence-corrected chi connectivity index (χ2v) is 7.88. The summed E-state index contributed by atoms with van der Waals surface area (Å²) in [5, 5.41) is 10.5. The normalized spacial score (nSPS) is 11.4. The molecule has 6 nitrogen and oxygen atoms in total. The Morgan fingerprint density at radius 1 is 1.32 bits per heavy atom. The van der Waals surface area contributed by atoms with E-state index in [0.29, 0.717) is 30.6 Å². The van der Waals surface area contributed by atoms with Crippen molar-refractivity contribution in [3.8, 4) is 0 Å². The number of pyridine rings is 1. The van der Waals surface area contributed by atoms with Crippen LogP contribution < -0.4 is 10.9 Å². The number of alkyl halides is 3. The molecule has 1 amide bonds. The van der Waals surface area contributed by atoms with E-state index in [0.717, 1.165) is 12.3 Å². The van der Waals surface area contributed by atoms with Gasteiger partial charge in [0.2, 0.25) is 5.91 Å². The van der Waals surface area contributed by atoms with Gasteiger partial charge in [-0.3, -0.25) is 9.59 Å². The standard InChI is InChI=1S/C16H10ClF3N4O2S2/c17-11-6-9(3-4-12(11)28-15-23-21-8-27-15)22-13(25)7-24-5-1-2-10(14(24)26)16(18,19)20/h1-6,8H,7H2,(H,22,25). The zero-order chi connectivity index (χ0) is 20.3. The summed E-state index contributed by atoms with van der Waals surface area (Å²) in [5.41, 5.74) is -0.687. The molecule has 0 spiro atoms. The molecule has 3 rings (SSSR count). The van der Waals surface area contributed by atoms with Crippen molar-refractivity contribution in [1.29, 1.82) is 0 Å². The number of nitrogens with zero attached hydrogens (tertiary/aromatic N) is 3. The Hall–Kier alpha value is -2.37. The number of amides is 1. The van der Waals surface area contributed by atoms with Crippen LogP contribution in [0.5, 0.6) is 0 Å². The van der Waals surface area contributed by atoms with Gasteiger partial charge in [-0.1, -0.05) is 34.7 Å². The largest absolute Gasteiger partial charge is 0.421 e. The van der Waals surface area contributed by atoms with Crippen LogP contribution in [0.1, 0.15) is 5.56 Å². The van der Waals surface area contributed by atoms with Crippen LogP contribution in [-0.4, -0.2) is 20.7 Å². The number of carbonyl (C=O) groups is 1. The van der Waals surface area contributed by atoms with Crippen LogP contribution in [0.3, 0.4) is 0 Å². The van der Waals surface area contributed by atoms with Crippen LogP contribution in [0.4, 0.5) is 18.9 Å². The van der Waals surface area contributed by atoms with Gasteiger partial charge in [0.1, 0.15) is 17.6 Å². The van der Waals surface area contributed by atoms with Crippen LogP contribution >= 0.6 is 34.7 Å². The Labute approximate surface area is 169 Å². The summed E-state index contributed by atoms with van der Waals surface area (Å²) in [7, 11) is 0.